The molecule has 1 aliphatic rings. The van der Waals surface area contributed by atoms with Crippen molar-refractivity contribution in [3.8, 4) is 0 Å². The first-order valence-corrected chi connectivity index (χ1v) is 6.86. The van der Waals surface area contributed by atoms with Crippen LogP contribution in [0.15, 0.2) is 12.4 Å². The normalized spacial score (nSPS) is 25.4. The molecule has 2 unspecified atom stereocenters. The highest BCUT2D eigenvalue weighted by Gasteiger charge is 2.23. The Morgan fingerprint density at radius 1 is 1.47 bits per heavy atom. The second-order valence-corrected chi connectivity index (χ2v) is 5.77. The molecule has 3 nitrogen and oxygen atoms in total. The molecule has 0 spiro atoms. The van der Waals surface area contributed by atoms with Gasteiger partial charge < -0.3 is 5.32 Å². The van der Waals surface area contributed by atoms with Crippen LogP contribution in [-0.4, -0.2) is 15.8 Å². The maximum absolute atomic E-state index is 4.20. The predicted octanol–water partition coefficient (Wildman–Crippen LogP) is 2.72. The van der Waals surface area contributed by atoms with E-state index in [1.807, 2.05) is 17.9 Å². The summed E-state index contributed by atoms with van der Waals surface area (Å²) in [6.45, 7) is 5.67. The van der Waals surface area contributed by atoms with Crippen LogP contribution in [-0.2, 0) is 13.6 Å². The van der Waals surface area contributed by atoms with Gasteiger partial charge >= 0.3 is 0 Å². The molecule has 0 aromatic carbocycles. The molecular formula is C14H25N3. The maximum atomic E-state index is 4.20. The molecule has 1 heterocycles. The predicted molar refractivity (Wildman–Crippen MR) is 70.6 cm³/mol. The topological polar surface area (TPSA) is 29.9 Å². The first-order valence-electron chi connectivity index (χ1n) is 6.86. The van der Waals surface area contributed by atoms with E-state index in [9.17, 15) is 0 Å². The SMILES string of the molecule is CC(C)C1CCCC(NCc2cnn(C)c2)C1. The van der Waals surface area contributed by atoms with Crippen LogP contribution in [0.4, 0.5) is 0 Å². The van der Waals surface area contributed by atoms with E-state index in [1.165, 1.54) is 31.2 Å². The van der Waals surface area contributed by atoms with Gasteiger partial charge in [0.2, 0.25) is 0 Å². The fourth-order valence-corrected chi connectivity index (χ4v) is 2.84. The minimum absolute atomic E-state index is 0.705. The Labute approximate surface area is 105 Å². The Bertz CT molecular complexity index is 343. The second kappa shape index (κ2) is 5.67. The van der Waals surface area contributed by atoms with E-state index in [0.717, 1.165) is 18.4 Å². The number of rotatable bonds is 4. The van der Waals surface area contributed by atoms with Crippen molar-refractivity contribution >= 4 is 0 Å². The molecule has 96 valence electrons. The van der Waals surface area contributed by atoms with Gasteiger partial charge in [0.15, 0.2) is 0 Å². The molecule has 3 heteroatoms. The van der Waals surface area contributed by atoms with E-state index in [2.05, 4.69) is 30.5 Å². The van der Waals surface area contributed by atoms with E-state index in [-0.39, 0.29) is 0 Å². The summed E-state index contributed by atoms with van der Waals surface area (Å²) in [6.07, 6.45) is 9.53. The van der Waals surface area contributed by atoms with Gasteiger partial charge in [-0.15, -0.1) is 0 Å². The molecule has 1 aromatic heterocycles. The van der Waals surface area contributed by atoms with Crippen molar-refractivity contribution < 1.29 is 0 Å². The Kier molecular flexibility index (Phi) is 4.21. The van der Waals surface area contributed by atoms with Gasteiger partial charge in [0.05, 0.1) is 6.20 Å². The molecule has 1 aromatic rings. The van der Waals surface area contributed by atoms with Crippen LogP contribution in [0, 0.1) is 11.8 Å². The summed E-state index contributed by atoms with van der Waals surface area (Å²) in [5.41, 5.74) is 1.29. The van der Waals surface area contributed by atoms with Crippen molar-refractivity contribution in [1.82, 2.24) is 15.1 Å². The molecule has 0 amide bonds. The number of nitrogens with one attached hydrogen (secondary N) is 1. The summed E-state index contributed by atoms with van der Waals surface area (Å²) < 4.78 is 1.87. The van der Waals surface area contributed by atoms with Crippen LogP contribution in [0.2, 0.25) is 0 Å². The lowest BCUT2D eigenvalue weighted by Crippen LogP contribution is -2.35. The lowest BCUT2D eigenvalue weighted by atomic mass is 9.79. The van der Waals surface area contributed by atoms with Crippen molar-refractivity contribution in [2.24, 2.45) is 18.9 Å². The minimum Gasteiger partial charge on any atom is -0.310 e. The Morgan fingerprint density at radius 3 is 2.94 bits per heavy atom. The smallest absolute Gasteiger partial charge is 0.0534 e. The zero-order valence-electron chi connectivity index (χ0n) is 11.3. The first-order chi connectivity index (χ1) is 8.15. The van der Waals surface area contributed by atoms with Gasteiger partial charge in [0.1, 0.15) is 0 Å². The monoisotopic (exact) mass is 235 g/mol. The molecule has 1 aliphatic carbocycles. The van der Waals surface area contributed by atoms with E-state index in [0.29, 0.717) is 6.04 Å². The minimum atomic E-state index is 0.705. The number of aromatic nitrogens is 2. The van der Waals surface area contributed by atoms with Gasteiger partial charge in [0.25, 0.3) is 0 Å². The van der Waals surface area contributed by atoms with Crippen LogP contribution < -0.4 is 5.32 Å². The number of hydrogen-bond donors (Lipinski definition) is 1. The molecule has 2 atom stereocenters. The van der Waals surface area contributed by atoms with Gasteiger partial charge in [0, 0.05) is 31.4 Å². The highest BCUT2D eigenvalue weighted by Crippen LogP contribution is 2.29. The first kappa shape index (κ1) is 12.6. The molecule has 0 aliphatic heterocycles. The van der Waals surface area contributed by atoms with Gasteiger partial charge in [-0.25, -0.2) is 0 Å². The van der Waals surface area contributed by atoms with Crippen LogP contribution in [0.5, 0.6) is 0 Å². The molecule has 0 saturated heterocycles. The summed E-state index contributed by atoms with van der Waals surface area (Å²) in [5.74, 6) is 1.74. The molecule has 0 radical (unpaired) electrons. The van der Waals surface area contributed by atoms with Gasteiger partial charge in [-0.3, -0.25) is 4.68 Å². The molecule has 17 heavy (non-hydrogen) atoms. The molecular weight excluding hydrogens is 210 g/mol. The summed E-state index contributed by atoms with van der Waals surface area (Å²) in [7, 11) is 1.97. The van der Waals surface area contributed by atoms with Crippen molar-refractivity contribution in [3.63, 3.8) is 0 Å². The Balaban J connectivity index is 1.79. The van der Waals surface area contributed by atoms with Crippen molar-refractivity contribution in [3.05, 3.63) is 18.0 Å². The van der Waals surface area contributed by atoms with Crippen LogP contribution in [0.3, 0.4) is 0 Å². The zero-order valence-corrected chi connectivity index (χ0v) is 11.3. The third kappa shape index (κ3) is 3.56. The largest absolute Gasteiger partial charge is 0.310 e. The van der Waals surface area contributed by atoms with Crippen molar-refractivity contribution in [2.45, 2.75) is 52.1 Å². The van der Waals surface area contributed by atoms with Crippen LogP contribution >= 0.6 is 0 Å². The number of hydrogen-bond acceptors (Lipinski definition) is 2. The number of aryl methyl sites for hydroxylation is 1. The standard InChI is InChI=1S/C14H25N3/c1-11(2)13-5-4-6-14(7-13)15-8-12-9-16-17(3)10-12/h9-11,13-15H,4-8H2,1-3H3. The van der Waals surface area contributed by atoms with Gasteiger partial charge in [-0.05, 0) is 24.7 Å². The summed E-state index contributed by atoms with van der Waals surface area (Å²) in [5, 5.41) is 7.88. The average Bonchev–Trinajstić information content (AvgIpc) is 2.73. The van der Waals surface area contributed by atoms with E-state index in [1.54, 1.807) is 0 Å². The van der Waals surface area contributed by atoms with Crippen molar-refractivity contribution in [2.75, 3.05) is 0 Å². The average molecular weight is 235 g/mol. The van der Waals surface area contributed by atoms with E-state index >= 15 is 0 Å². The van der Waals surface area contributed by atoms with E-state index < -0.39 is 0 Å². The van der Waals surface area contributed by atoms with Gasteiger partial charge in [-0.1, -0.05) is 26.7 Å². The highest BCUT2D eigenvalue weighted by molar-refractivity contribution is 5.03. The third-order valence-corrected chi connectivity index (χ3v) is 4.01. The fourth-order valence-electron chi connectivity index (χ4n) is 2.84. The number of nitrogens with zero attached hydrogens (tertiary/aromatic N) is 2. The lowest BCUT2D eigenvalue weighted by molar-refractivity contribution is 0.231. The second-order valence-electron chi connectivity index (χ2n) is 5.77. The summed E-state index contributed by atoms with van der Waals surface area (Å²) in [6, 6.07) is 0.705. The van der Waals surface area contributed by atoms with Gasteiger partial charge in [-0.2, -0.15) is 5.10 Å². The molecule has 1 saturated carbocycles. The Morgan fingerprint density at radius 2 is 2.29 bits per heavy atom. The van der Waals surface area contributed by atoms with Crippen LogP contribution in [0.25, 0.3) is 0 Å². The van der Waals surface area contributed by atoms with Crippen LogP contribution in [0.1, 0.15) is 45.1 Å². The summed E-state index contributed by atoms with van der Waals surface area (Å²) >= 11 is 0. The Hall–Kier alpha value is -0.830. The zero-order chi connectivity index (χ0) is 12.3. The molecule has 1 fully saturated rings. The highest BCUT2D eigenvalue weighted by atomic mass is 15.2. The molecule has 0 bridgehead atoms. The maximum Gasteiger partial charge on any atom is 0.0534 e. The summed E-state index contributed by atoms with van der Waals surface area (Å²) in [4.78, 5) is 0. The molecule has 2 rings (SSSR count). The lowest BCUT2D eigenvalue weighted by Gasteiger charge is -2.32. The molecule has 1 N–H and O–H groups in total. The quantitative estimate of drug-likeness (QED) is 0.869. The fraction of sp³-hybridized carbons (Fsp3) is 0.786. The van der Waals surface area contributed by atoms with Crippen molar-refractivity contribution in [1.29, 1.82) is 0 Å². The third-order valence-electron chi connectivity index (χ3n) is 4.01. The van der Waals surface area contributed by atoms with E-state index in [4.69, 9.17) is 0 Å².